The van der Waals surface area contributed by atoms with Gasteiger partial charge < -0.3 is 9.32 Å². The number of aryl methyl sites for hydroxylation is 1. The van der Waals surface area contributed by atoms with Crippen LogP contribution in [0.1, 0.15) is 47.9 Å². The van der Waals surface area contributed by atoms with Crippen LogP contribution in [0.2, 0.25) is 0 Å². The number of amides is 1. The second-order valence-corrected chi connectivity index (χ2v) is 8.90. The van der Waals surface area contributed by atoms with Gasteiger partial charge in [0.05, 0.1) is 16.7 Å². The van der Waals surface area contributed by atoms with E-state index in [4.69, 9.17) is 4.42 Å². The standard InChI is InChI=1S/C20H26N2O4S/c1-4-15(2)17-5-7-18(8-6-17)27(24,25)22-12-10-21(11-13-22)20(23)19-9-14-26-16(19)3/h5-9,14-15H,4,10-13H2,1-3H3/t15-/m0/s1. The van der Waals surface area contributed by atoms with E-state index in [1.807, 2.05) is 12.1 Å². The minimum absolute atomic E-state index is 0.115. The highest BCUT2D eigenvalue weighted by molar-refractivity contribution is 7.89. The molecule has 6 nitrogen and oxygen atoms in total. The fourth-order valence-electron chi connectivity index (χ4n) is 3.26. The quantitative estimate of drug-likeness (QED) is 0.786. The molecule has 1 amide bonds. The molecule has 0 spiro atoms. The molecule has 0 aliphatic carbocycles. The van der Waals surface area contributed by atoms with Gasteiger partial charge in [-0.1, -0.05) is 26.0 Å². The summed E-state index contributed by atoms with van der Waals surface area (Å²) in [6.07, 6.45) is 2.50. The maximum atomic E-state index is 12.9. The molecule has 1 atom stereocenters. The summed E-state index contributed by atoms with van der Waals surface area (Å²) in [4.78, 5) is 14.5. The molecule has 146 valence electrons. The number of nitrogens with zero attached hydrogens (tertiary/aromatic N) is 2. The molecule has 2 aromatic rings. The van der Waals surface area contributed by atoms with Gasteiger partial charge in [0.25, 0.3) is 5.91 Å². The summed E-state index contributed by atoms with van der Waals surface area (Å²) in [6.45, 7) is 7.30. The second kappa shape index (κ2) is 7.86. The molecule has 7 heteroatoms. The SMILES string of the molecule is CC[C@H](C)c1ccc(S(=O)(=O)N2CCN(C(=O)c3ccoc3C)CC2)cc1. The van der Waals surface area contributed by atoms with Crippen LogP contribution in [0.15, 0.2) is 45.9 Å². The van der Waals surface area contributed by atoms with E-state index in [0.717, 1.165) is 12.0 Å². The van der Waals surface area contributed by atoms with Crippen LogP contribution in [-0.4, -0.2) is 49.7 Å². The van der Waals surface area contributed by atoms with Crippen molar-refractivity contribution in [1.82, 2.24) is 9.21 Å². The van der Waals surface area contributed by atoms with Gasteiger partial charge in [0.2, 0.25) is 10.0 Å². The van der Waals surface area contributed by atoms with Crippen molar-refractivity contribution in [3.8, 4) is 0 Å². The lowest BCUT2D eigenvalue weighted by atomic mass is 9.99. The average molecular weight is 391 g/mol. The number of benzene rings is 1. The molecule has 27 heavy (non-hydrogen) atoms. The van der Waals surface area contributed by atoms with Crippen LogP contribution < -0.4 is 0 Å². The molecule has 0 bridgehead atoms. The van der Waals surface area contributed by atoms with Gasteiger partial charge in [-0.3, -0.25) is 4.79 Å². The first-order valence-electron chi connectivity index (χ1n) is 9.28. The third kappa shape index (κ3) is 3.94. The first-order valence-corrected chi connectivity index (χ1v) is 10.7. The summed E-state index contributed by atoms with van der Waals surface area (Å²) < 4.78 is 32.5. The fourth-order valence-corrected chi connectivity index (χ4v) is 4.68. The van der Waals surface area contributed by atoms with E-state index in [9.17, 15) is 13.2 Å². The fraction of sp³-hybridized carbons (Fsp3) is 0.450. The van der Waals surface area contributed by atoms with Gasteiger partial charge >= 0.3 is 0 Å². The van der Waals surface area contributed by atoms with Gasteiger partial charge in [-0.2, -0.15) is 4.31 Å². The Morgan fingerprint density at radius 2 is 1.74 bits per heavy atom. The molecule has 0 unspecified atom stereocenters. The highest BCUT2D eigenvalue weighted by Gasteiger charge is 2.31. The molecule has 1 aromatic carbocycles. The zero-order valence-corrected chi connectivity index (χ0v) is 16.8. The molecule has 0 saturated carbocycles. The number of rotatable bonds is 5. The van der Waals surface area contributed by atoms with E-state index in [-0.39, 0.29) is 19.0 Å². The number of piperazine rings is 1. The van der Waals surface area contributed by atoms with Crippen LogP contribution in [-0.2, 0) is 10.0 Å². The van der Waals surface area contributed by atoms with Crippen LogP contribution in [0.4, 0.5) is 0 Å². The van der Waals surface area contributed by atoms with Crippen molar-refractivity contribution < 1.29 is 17.6 Å². The molecule has 1 saturated heterocycles. The molecule has 2 heterocycles. The molecule has 0 N–H and O–H groups in total. The molecule has 1 aliphatic heterocycles. The number of carbonyl (C=O) groups excluding carboxylic acids is 1. The Bertz CT molecular complexity index is 894. The van der Waals surface area contributed by atoms with Gasteiger partial charge in [-0.15, -0.1) is 0 Å². The monoisotopic (exact) mass is 390 g/mol. The highest BCUT2D eigenvalue weighted by atomic mass is 32.2. The van der Waals surface area contributed by atoms with E-state index in [1.165, 1.54) is 10.6 Å². The number of sulfonamides is 1. The second-order valence-electron chi connectivity index (χ2n) is 6.97. The van der Waals surface area contributed by atoms with Crippen LogP contribution in [0.5, 0.6) is 0 Å². The number of hydrogen-bond donors (Lipinski definition) is 0. The Labute approximate surface area is 160 Å². The lowest BCUT2D eigenvalue weighted by Crippen LogP contribution is -2.50. The maximum Gasteiger partial charge on any atom is 0.257 e. The lowest BCUT2D eigenvalue weighted by Gasteiger charge is -2.34. The normalized spacial score (nSPS) is 17.1. The van der Waals surface area contributed by atoms with Crippen LogP contribution >= 0.6 is 0 Å². The minimum atomic E-state index is -3.55. The molecule has 1 aromatic heterocycles. The predicted octanol–water partition coefficient (Wildman–Crippen LogP) is 3.25. The largest absolute Gasteiger partial charge is 0.469 e. The summed E-state index contributed by atoms with van der Waals surface area (Å²) in [5.74, 6) is 0.871. The van der Waals surface area contributed by atoms with Gasteiger partial charge in [-0.25, -0.2) is 8.42 Å². The Morgan fingerprint density at radius 1 is 1.11 bits per heavy atom. The Balaban J connectivity index is 1.68. The molecule has 3 rings (SSSR count). The van der Waals surface area contributed by atoms with Crippen molar-refractivity contribution in [1.29, 1.82) is 0 Å². The summed E-state index contributed by atoms with van der Waals surface area (Å²) >= 11 is 0. The maximum absolute atomic E-state index is 12.9. The van der Waals surface area contributed by atoms with Crippen molar-refractivity contribution in [2.75, 3.05) is 26.2 Å². The van der Waals surface area contributed by atoms with Crippen LogP contribution in [0.25, 0.3) is 0 Å². The van der Waals surface area contributed by atoms with Crippen LogP contribution in [0.3, 0.4) is 0 Å². The molecule has 1 fully saturated rings. The van der Waals surface area contributed by atoms with E-state index < -0.39 is 10.0 Å². The van der Waals surface area contributed by atoms with E-state index >= 15 is 0 Å². The first-order chi connectivity index (χ1) is 12.8. The zero-order chi connectivity index (χ0) is 19.6. The van der Waals surface area contributed by atoms with Gasteiger partial charge in [0.1, 0.15) is 5.76 Å². The summed E-state index contributed by atoms with van der Waals surface area (Å²) in [5, 5.41) is 0. The Hall–Kier alpha value is -2.12. The molecular formula is C20H26N2O4S. The Morgan fingerprint density at radius 3 is 2.26 bits per heavy atom. The molecular weight excluding hydrogens is 364 g/mol. The summed E-state index contributed by atoms with van der Waals surface area (Å²) in [5.41, 5.74) is 1.68. The van der Waals surface area contributed by atoms with E-state index in [0.29, 0.717) is 35.2 Å². The third-order valence-electron chi connectivity index (χ3n) is 5.31. The van der Waals surface area contributed by atoms with Crippen molar-refractivity contribution in [3.63, 3.8) is 0 Å². The van der Waals surface area contributed by atoms with Gasteiger partial charge in [0, 0.05) is 26.2 Å². The van der Waals surface area contributed by atoms with E-state index in [2.05, 4.69) is 13.8 Å². The smallest absolute Gasteiger partial charge is 0.257 e. The minimum Gasteiger partial charge on any atom is -0.469 e. The number of furan rings is 1. The van der Waals surface area contributed by atoms with Crippen molar-refractivity contribution in [3.05, 3.63) is 53.5 Å². The highest BCUT2D eigenvalue weighted by Crippen LogP contribution is 2.23. The summed E-state index contributed by atoms with van der Waals surface area (Å²) in [7, 11) is -3.55. The number of hydrogen-bond acceptors (Lipinski definition) is 4. The van der Waals surface area contributed by atoms with Crippen LogP contribution in [0, 0.1) is 6.92 Å². The van der Waals surface area contributed by atoms with Crippen molar-refractivity contribution in [2.24, 2.45) is 0 Å². The first kappa shape index (κ1) is 19.6. The van der Waals surface area contributed by atoms with Gasteiger partial charge in [0.15, 0.2) is 0 Å². The third-order valence-corrected chi connectivity index (χ3v) is 7.23. The topological polar surface area (TPSA) is 70.8 Å². The molecule has 0 radical (unpaired) electrons. The zero-order valence-electron chi connectivity index (χ0n) is 16.0. The lowest BCUT2D eigenvalue weighted by molar-refractivity contribution is 0.0696. The molecule has 1 aliphatic rings. The average Bonchev–Trinajstić information content (AvgIpc) is 3.13. The number of carbonyl (C=O) groups is 1. The summed E-state index contributed by atoms with van der Waals surface area (Å²) in [6, 6.07) is 8.80. The Kier molecular flexibility index (Phi) is 5.72. The van der Waals surface area contributed by atoms with Gasteiger partial charge in [-0.05, 0) is 43.0 Å². The predicted molar refractivity (Wildman–Crippen MR) is 103 cm³/mol. The van der Waals surface area contributed by atoms with Crippen molar-refractivity contribution >= 4 is 15.9 Å². The van der Waals surface area contributed by atoms with Crippen molar-refractivity contribution in [2.45, 2.75) is 38.0 Å². The van der Waals surface area contributed by atoms with E-state index in [1.54, 1.807) is 30.0 Å².